The van der Waals surface area contributed by atoms with Crippen molar-refractivity contribution in [2.75, 3.05) is 6.61 Å². The summed E-state index contributed by atoms with van der Waals surface area (Å²) in [6.45, 7) is 3.83. The van der Waals surface area contributed by atoms with E-state index in [1.807, 2.05) is 10.6 Å². The molecule has 0 bridgehead atoms. The third-order valence-electron chi connectivity index (χ3n) is 2.63. The summed E-state index contributed by atoms with van der Waals surface area (Å²) in [4.78, 5) is 34.6. The minimum absolute atomic E-state index is 0.187. The predicted octanol–water partition coefficient (Wildman–Crippen LogP) is 2.53. The molecule has 1 aliphatic rings. The van der Waals surface area contributed by atoms with Crippen molar-refractivity contribution in [1.82, 2.24) is 10.6 Å². The first-order chi connectivity index (χ1) is 10.4. The number of nitrogens with one attached hydrogen (secondary N) is 2. The van der Waals surface area contributed by atoms with Crippen LogP contribution in [-0.4, -0.2) is 24.5 Å². The van der Waals surface area contributed by atoms with Crippen molar-refractivity contribution in [3.8, 4) is 5.75 Å². The van der Waals surface area contributed by atoms with Gasteiger partial charge in [0.15, 0.2) is 0 Å². The van der Waals surface area contributed by atoms with Gasteiger partial charge < -0.3 is 4.74 Å². The van der Waals surface area contributed by atoms with E-state index in [0.717, 1.165) is 4.47 Å². The summed E-state index contributed by atoms with van der Waals surface area (Å²) < 4.78 is 6.91. The third kappa shape index (κ3) is 3.63. The number of ether oxygens (including phenoxy) is 1. The Morgan fingerprint density at radius 2 is 1.77 bits per heavy atom. The number of hydrogen-bond donors (Lipinski definition) is 2. The van der Waals surface area contributed by atoms with Crippen molar-refractivity contribution in [3.63, 3.8) is 0 Å². The van der Waals surface area contributed by atoms with Crippen molar-refractivity contribution in [2.24, 2.45) is 0 Å². The summed E-state index contributed by atoms with van der Waals surface area (Å²) >= 11 is 6.69. The molecule has 0 aromatic heterocycles. The van der Waals surface area contributed by atoms with E-state index in [1.54, 1.807) is 18.2 Å². The van der Waals surface area contributed by atoms with Gasteiger partial charge in [-0.1, -0.05) is 28.6 Å². The lowest BCUT2D eigenvalue weighted by molar-refractivity contribution is -0.123. The van der Waals surface area contributed by atoms with Crippen LogP contribution in [0.3, 0.4) is 0 Å². The fourth-order valence-corrected chi connectivity index (χ4v) is 3.12. The third-order valence-corrected chi connectivity index (χ3v) is 3.67. The average Bonchev–Trinajstić information content (AvgIpc) is 2.41. The number of rotatable bonds is 4. The lowest BCUT2D eigenvalue weighted by Gasteiger charge is -2.15. The zero-order chi connectivity index (χ0) is 16.3. The lowest BCUT2D eigenvalue weighted by atomic mass is 10.1. The van der Waals surface area contributed by atoms with Gasteiger partial charge >= 0.3 is 6.03 Å². The molecule has 6 nitrogen and oxygen atoms in total. The molecule has 0 aliphatic carbocycles. The molecule has 22 heavy (non-hydrogen) atoms. The van der Waals surface area contributed by atoms with Crippen molar-refractivity contribution in [3.05, 3.63) is 44.9 Å². The summed E-state index contributed by atoms with van der Waals surface area (Å²) in [5.41, 5.74) is 0.311. The second-order valence-corrected chi connectivity index (χ2v) is 5.97. The molecule has 2 N–H and O–H groups in total. The Hall–Kier alpha value is -1.93. The van der Waals surface area contributed by atoms with Crippen molar-refractivity contribution in [1.29, 1.82) is 0 Å². The first kappa shape index (κ1) is 16.4. The molecule has 0 spiro atoms. The second kappa shape index (κ2) is 6.89. The maximum atomic E-state index is 11.8. The van der Waals surface area contributed by atoms with Crippen molar-refractivity contribution in [2.45, 2.75) is 0 Å². The first-order valence-corrected chi connectivity index (χ1v) is 7.62. The number of amides is 4. The average molecular weight is 430 g/mol. The van der Waals surface area contributed by atoms with Gasteiger partial charge in [-0.3, -0.25) is 20.2 Å². The van der Waals surface area contributed by atoms with Gasteiger partial charge in [0.25, 0.3) is 11.8 Å². The minimum Gasteiger partial charge on any atom is -0.488 e. The molecule has 4 amide bonds. The Morgan fingerprint density at radius 3 is 2.36 bits per heavy atom. The maximum Gasteiger partial charge on any atom is 0.328 e. The number of benzene rings is 1. The van der Waals surface area contributed by atoms with E-state index in [0.29, 0.717) is 15.8 Å². The molecule has 2 rings (SSSR count). The topological polar surface area (TPSA) is 84.5 Å². The van der Waals surface area contributed by atoms with E-state index in [4.69, 9.17) is 4.74 Å². The second-order valence-electron chi connectivity index (χ2n) is 4.20. The van der Waals surface area contributed by atoms with Crippen LogP contribution in [-0.2, 0) is 9.59 Å². The molecule has 114 valence electrons. The van der Waals surface area contributed by atoms with Crippen molar-refractivity contribution >= 4 is 55.8 Å². The molecule has 1 aromatic rings. The van der Waals surface area contributed by atoms with Crippen LogP contribution in [0.1, 0.15) is 5.56 Å². The Kier molecular flexibility index (Phi) is 5.15. The van der Waals surface area contributed by atoms with Gasteiger partial charge in [-0.2, -0.15) is 0 Å². The quantitative estimate of drug-likeness (QED) is 0.437. The van der Waals surface area contributed by atoms with Gasteiger partial charge in [-0.15, -0.1) is 0 Å². The highest BCUT2D eigenvalue weighted by atomic mass is 79.9. The molecule has 8 heteroatoms. The standard InChI is InChI=1S/C14H10Br2N2O4/c1-2-3-22-11-7(4-8(15)6-10(11)16)5-9-12(19)17-14(21)18-13(9)20/h2,4-6H,1,3H2,(H2,17,18,19,20,21). The van der Waals surface area contributed by atoms with Crippen LogP contribution >= 0.6 is 31.9 Å². The Morgan fingerprint density at radius 1 is 1.14 bits per heavy atom. The van der Waals surface area contributed by atoms with E-state index >= 15 is 0 Å². The highest BCUT2D eigenvalue weighted by Crippen LogP contribution is 2.34. The molecule has 0 unspecified atom stereocenters. The van der Waals surface area contributed by atoms with Gasteiger partial charge in [-0.25, -0.2) is 4.79 Å². The fourth-order valence-electron chi connectivity index (χ4n) is 1.74. The van der Waals surface area contributed by atoms with Gasteiger partial charge in [0, 0.05) is 10.0 Å². The number of carbonyl (C=O) groups is 3. The number of carbonyl (C=O) groups excluding carboxylic acids is 3. The fraction of sp³-hybridized carbons (Fsp3) is 0.0714. The molecule has 0 saturated carbocycles. The molecule has 1 heterocycles. The summed E-state index contributed by atoms with van der Waals surface area (Å²) in [6, 6.07) is 2.61. The minimum atomic E-state index is -0.842. The number of barbiturate groups is 1. The van der Waals surface area contributed by atoms with Crippen LogP contribution in [0.2, 0.25) is 0 Å². The Bertz CT molecular complexity index is 691. The van der Waals surface area contributed by atoms with E-state index in [1.165, 1.54) is 6.08 Å². The van der Waals surface area contributed by atoms with Gasteiger partial charge in [0.1, 0.15) is 17.9 Å². The Balaban J connectivity index is 2.49. The highest BCUT2D eigenvalue weighted by Gasteiger charge is 2.28. The smallest absolute Gasteiger partial charge is 0.328 e. The van der Waals surface area contributed by atoms with Gasteiger partial charge in [0.2, 0.25) is 0 Å². The monoisotopic (exact) mass is 428 g/mol. The number of urea groups is 1. The summed E-state index contributed by atoms with van der Waals surface area (Å²) in [5, 5.41) is 4.03. The van der Waals surface area contributed by atoms with Crippen LogP contribution in [0.25, 0.3) is 6.08 Å². The molecule has 0 radical (unpaired) electrons. The number of halogens is 2. The highest BCUT2D eigenvalue weighted by molar-refractivity contribution is 9.11. The predicted molar refractivity (Wildman–Crippen MR) is 87.2 cm³/mol. The number of hydrogen-bond acceptors (Lipinski definition) is 4. The van der Waals surface area contributed by atoms with Gasteiger partial charge in [0.05, 0.1) is 4.47 Å². The number of imide groups is 2. The molecular weight excluding hydrogens is 420 g/mol. The zero-order valence-corrected chi connectivity index (χ0v) is 14.3. The molecular formula is C14H10Br2N2O4. The molecule has 1 fully saturated rings. The summed E-state index contributed by atoms with van der Waals surface area (Å²) in [6.07, 6.45) is 2.93. The maximum absolute atomic E-state index is 11.8. The molecule has 1 aliphatic heterocycles. The summed E-state index contributed by atoms with van der Waals surface area (Å²) in [5.74, 6) is -1.08. The molecule has 0 atom stereocenters. The SMILES string of the molecule is C=CCOc1c(Br)cc(Br)cc1C=C1C(=O)NC(=O)NC1=O. The van der Waals surface area contributed by atoms with Gasteiger partial charge in [-0.05, 0) is 34.1 Å². The normalized spacial score (nSPS) is 14.3. The van der Waals surface area contributed by atoms with E-state index < -0.39 is 17.8 Å². The lowest BCUT2D eigenvalue weighted by Crippen LogP contribution is -2.51. The Labute approximate surface area is 142 Å². The van der Waals surface area contributed by atoms with E-state index in [9.17, 15) is 14.4 Å². The van der Waals surface area contributed by atoms with E-state index in [-0.39, 0.29) is 12.2 Å². The van der Waals surface area contributed by atoms with E-state index in [2.05, 4.69) is 38.4 Å². The van der Waals surface area contributed by atoms with Crippen molar-refractivity contribution < 1.29 is 19.1 Å². The van der Waals surface area contributed by atoms with Crippen LogP contribution in [0, 0.1) is 0 Å². The molecule has 1 aromatic carbocycles. The zero-order valence-electron chi connectivity index (χ0n) is 11.1. The largest absolute Gasteiger partial charge is 0.488 e. The van der Waals surface area contributed by atoms with Crippen LogP contribution < -0.4 is 15.4 Å². The van der Waals surface area contributed by atoms with Crippen LogP contribution in [0.15, 0.2) is 39.3 Å². The first-order valence-electron chi connectivity index (χ1n) is 6.03. The molecule has 1 saturated heterocycles. The van der Waals surface area contributed by atoms with Crippen LogP contribution in [0.4, 0.5) is 4.79 Å². The van der Waals surface area contributed by atoms with Crippen LogP contribution in [0.5, 0.6) is 5.75 Å². The summed E-state index contributed by atoms with van der Waals surface area (Å²) in [7, 11) is 0.